The third kappa shape index (κ3) is 4.91. The van der Waals surface area contributed by atoms with Crippen molar-refractivity contribution in [1.82, 2.24) is 5.32 Å². The second-order valence-corrected chi connectivity index (χ2v) is 6.73. The lowest BCUT2D eigenvalue weighted by Gasteiger charge is -2.10. The highest BCUT2D eigenvalue weighted by molar-refractivity contribution is 7.89. The lowest BCUT2D eigenvalue weighted by molar-refractivity contribution is -0.121. The van der Waals surface area contributed by atoms with Crippen LogP contribution in [0.2, 0.25) is 0 Å². The van der Waals surface area contributed by atoms with E-state index in [0.717, 1.165) is 12.8 Å². The summed E-state index contributed by atoms with van der Waals surface area (Å²) < 4.78 is 22.4. The number of carbonyl (C=O) groups excluding carboxylic acids is 1. The number of carbonyl (C=O) groups is 1. The summed E-state index contributed by atoms with van der Waals surface area (Å²) in [6, 6.07) is 4.66. The summed E-state index contributed by atoms with van der Waals surface area (Å²) >= 11 is 0. The highest BCUT2D eigenvalue weighted by Crippen LogP contribution is 2.22. The number of amides is 1. The van der Waals surface area contributed by atoms with Crippen LogP contribution in [0.1, 0.15) is 25.7 Å². The molecule has 0 bridgehead atoms. The van der Waals surface area contributed by atoms with Gasteiger partial charge in [-0.3, -0.25) is 4.79 Å². The van der Waals surface area contributed by atoms with Crippen molar-refractivity contribution in [3.05, 3.63) is 18.2 Å². The molecule has 0 spiro atoms. The summed E-state index contributed by atoms with van der Waals surface area (Å²) in [4.78, 5) is 11.5. The predicted octanol–water partition coefficient (Wildman–Crippen LogP) is 0.387. The molecular weight excluding hydrogens is 292 g/mol. The predicted molar refractivity (Wildman–Crippen MR) is 81.1 cm³/mol. The van der Waals surface area contributed by atoms with Crippen molar-refractivity contribution >= 4 is 27.3 Å². The number of nitrogens with one attached hydrogen (secondary N) is 2. The molecule has 0 heterocycles. The Labute approximate surface area is 124 Å². The Morgan fingerprint density at radius 2 is 2.05 bits per heavy atom. The number of anilines is 2. The van der Waals surface area contributed by atoms with E-state index in [1.54, 1.807) is 6.07 Å². The van der Waals surface area contributed by atoms with E-state index in [1.807, 2.05) is 0 Å². The summed E-state index contributed by atoms with van der Waals surface area (Å²) in [7, 11) is -3.74. The minimum atomic E-state index is -3.74. The van der Waals surface area contributed by atoms with Crippen LogP contribution < -0.4 is 21.5 Å². The van der Waals surface area contributed by atoms with Crippen LogP contribution in [0.5, 0.6) is 0 Å². The first-order chi connectivity index (χ1) is 9.86. The molecule has 1 aromatic rings. The molecule has 0 unspecified atom stereocenters. The number of sulfonamides is 1. The molecule has 2 rings (SSSR count). The quantitative estimate of drug-likeness (QED) is 0.428. The number of hydrogen-bond donors (Lipinski definition) is 4. The van der Waals surface area contributed by atoms with Crippen LogP contribution in [0, 0.1) is 0 Å². The Balaban J connectivity index is 1.79. The Bertz CT molecular complexity index is 626. The third-order valence-electron chi connectivity index (χ3n) is 3.19. The molecule has 1 amide bonds. The average Bonchev–Trinajstić information content (AvgIpc) is 3.18. The maximum absolute atomic E-state index is 11.5. The molecule has 116 valence electrons. The Kier molecular flexibility index (Phi) is 4.69. The fourth-order valence-electron chi connectivity index (χ4n) is 1.88. The van der Waals surface area contributed by atoms with Gasteiger partial charge in [-0.15, -0.1) is 0 Å². The topological polar surface area (TPSA) is 127 Å². The van der Waals surface area contributed by atoms with Crippen molar-refractivity contribution in [2.45, 2.75) is 36.6 Å². The van der Waals surface area contributed by atoms with Gasteiger partial charge in [0.15, 0.2) is 0 Å². The molecule has 7 nitrogen and oxygen atoms in total. The molecule has 1 aromatic carbocycles. The van der Waals surface area contributed by atoms with Gasteiger partial charge in [0.2, 0.25) is 15.9 Å². The van der Waals surface area contributed by atoms with Crippen LogP contribution in [0.15, 0.2) is 23.1 Å². The van der Waals surface area contributed by atoms with Gasteiger partial charge in [-0.25, -0.2) is 13.6 Å². The number of nitrogen functional groups attached to an aromatic ring is 1. The smallest absolute Gasteiger partial charge is 0.238 e. The van der Waals surface area contributed by atoms with Gasteiger partial charge in [0.1, 0.15) is 0 Å². The molecule has 6 N–H and O–H groups in total. The van der Waals surface area contributed by atoms with Crippen molar-refractivity contribution in [2.24, 2.45) is 5.14 Å². The first-order valence-corrected chi connectivity index (χ1v) is 8.36. The number of nitrogens with two attached hydrogens (primary N) is 2. The fraction of sp³-hybridized carbons (Fsp3) is 0.462. The highest BCUT2D eigenvalue weighted by Gasteiger charge is 2.22. The van der Waals surface area contributed by atoms with Crippen molar-refractivity contribution in [3.8, 4) is 0 Å². The van der Waals surface area contributed by atoms with Gasteiger partial charge < -0.3 is 16.4 Å². The van der Waals surface area contributed by atoms with Crippen molar-refractivity contribution in [3.63, 3.8) is 0 Å². The Morgan fingerprint density at radius 3 is 2.62 bits per heavy atom. The number of benzene rings is 1. The molecule has 1 aliphatic carbocycles. The largest absolute Gasteiger partial charge is 0.397 e. The van der Waals surface area contributed by atoms with Gasteiger partial charge in [-0.1, -0.05) is 0 Å². The lowest BCUT2D eigenvalue weighted by atomic mass is 10.2. The first kappa shape index (κ1) is 15.6. The molecule has 0 saturated heterocycles. The first-order valence-electron chi connectivity index (χ1n) is 6.82. The molecule has 1 aliphatic rings. The van der Waals surface area contributed by atoms with E-state index in [2.05, 4.69) is 10.6 Å². The second kappa shape index (κ2) is 6.31. The molecule has 1 saturated carbocycles. The van der Waals surface area contributed by atoms with E-state index in [1.165, 1.54) is 12.1 Å². The van der Waals surface area contributed by atoms with Crippen LogP contribution >= 0.6 is 0 Å². The molecule has 8 heteroatoms. The summed E-state index contributed by atoms with van der Waals surface area (Å²) in [6.07, 6.45) is 3.29. The average molecular weight is 312 g/mol. The molecular formula is C13H20N4O3S. The number of primary sulfonamides is 1. The molecule has 0 atom stereocenters. The zero-order valence-corrected chi connectivity index (χ0v) is 12.4. The minimum Gasteiger partial charge on any atom is -0.397 e. The maximum Gasteiger partial charge on any atom is 0.238 e. The van der Waals surface area contributed by atoms with Gasteiger partial charge in [-0.2, -0.15) is 0 Å². The van der Waals surface area contributed by atoms with E-state index >= 15 is 0 Å². The summed E-state index contributed by atoms with van der Waals surface area (Å²) in [5.74, 6) is 0.0665. The fourth-order valence-corrected chi connectivity index (χ4v) is 2.43. The van der Waals surface area contributed by atoms with Gasteiger partial charge >= 0.3 is 0 Å². The van der Waals surface area contributed by atoms with Gasteiger partial charge in [0, 0.05) is 19.0 Å². The Morgan fingerprint density at radius 1 is 1.33 bits per heavy atom. The summed E-state index contributed by atoms with van der Waals surface area (Å²) in [6.45, 7) is 0.580. The van der Waals surface area contributed by atoms with Gasteiger partial charge in [-0.05, 0) is 37.5 Å². The second-order valence-electron chi connectivity index (χ2n) is 5.17. The Hall–Kier alpha value is -1.80. The normalized spacial score (nSPS) is 14.7. The molecule has 0 radical (unpaired) electrons. The number of rotatable bonds is 7. The molecule has 0 aliphatic heterocycles. The van der Waals surface area contributed by atoms with Crippen LogP contribution in [0.3, 0.4) is 0 Å². The van der Waals surface area contributed by atoms with E-state index < -0.39 is 10.0 Å². The van der Waals surface area contributed by atoms with Crippen LogP contribution in [0.4, 0.5) is 11.4 Å². The zero-order chi connectivity index (χ0) is 15.5. The molecule has 1 fully saturated rings. The zero-order valence-electron chi connectivity index (χ0n) is 11.6. The maximum atomic E-state index is 11.5. The van der Waals surface area contributed by atoms with E-state index in [-0.39, 0.29) is 10.8 Å². The van der Waals surface area contributed by atoms with E-state index in [0.29, 0.717) is 36.8 Å². The van der Waals surface area contributed by atoms with E-state index in [4.69, 9.17) is 10.9 Å². The van der Waals surface area contributed by atoms with E-state index in [9.17, 15) is 13.2 Å². The molecule has 0 aromatic heterocycles. The third-order valence-corrected chi connectivity index (χ3v) is 4.10. The van der Waals surface area contributed by atoms with Crippen molar-refractivity contribution < 1.29 is 13.2 Å². The number of hydrogen-bond acceptors (Lipinski definition) is 5. The van der Waals surface area contributed by atoms with Gasteiger partial charge in [0.25, 0.3) is 0 Å². The van der Waals surface area contributed by atoms with Crippen molar-refractivity contribution in [2.75, 3.05) is 17.6 Å². The van der Waals surface area contributed by atoms with Crippen LogP contribution in [-0.2, 0) is 14.8 Å². The lowest BCUT2D eigenvalue weighted by Crippen LogP contribution is -2.25. The SMILES string of the molecule is Nc1cc(S(N)(=O)=O)ccc1NCCCC(=O)NC1CC1. The summed E-state index contributed by atoms with van der Waals surface area (Å²) in [5, 5.41) is 11.0. The van der Waals surface area contributed by atoms with Crippen LogP contribution in [0.25, 0.3) is 0 Å². The standard InChI is InChI=1S/C13H20N4O3S/c14-11-8-10(21(15,19)20)5-6-12(11)16-7-1-2-13(18)17-9-3-4-9/h5-6,8-9,16H,1-4,7,14H2,(H,17,18)(H2,15,19,20). The van der Waals surface area contributed by atoms with Crippen molar-refractivity contribution in [1.29, 1.82) is 0 Å². The molecule has 21 heavy (non-hydrogen) atoms. The highest BCUT2D eigenvalue weighted by atomic mass is 32.2. The van der Waals surface area contributed by atoms with Crippen LogP contribution in [-0.4, -0.2) is 26.9 Å². The minimum absolute atomic E-state index is 0.0191. The monoisotopic (exact) mass is 312 g/mol. The summed E-state index contributed by atoms with van der Waals surface area (Å²) in [5.41, 5.74) is 6.71. The van der Waals surface area contributed by atoms with Gasteiger partial charge in [0.05, 0.1) is 16.3 Å².